The molecule has 4 heteroatoms. The first kappa shape index (κ1) is 15.1. The minimum Gasteiger partial charge on any atom is -0.354 e. The maximum atomic E-state index is 11.5. The fourth-order valence-electron chi connectivity index (χ4n) is 1.58. The van der Waals surface area contributed by atoms with Gasteiger partial charge >= 0.3 is 0 Å². The number of amides is 1. The van der Waals surface area contributed by atoms with Crippen molar-refractivity contribution in [1.29, 1.82) is 0 Å². The van der Waals surface area contributed by atoms with Crippen LogP contribution in [0.25, 0.3) is 0 Å². The quantitative estimate of drug-likeness (QED) is 0.707. The Bertz CT molecular complexity index is 369. The molecule has 18 heavy (non-hydrogen) atoms. The second-order valence-corrected chi connectivity index (χ2v) is 5.17. The third-order valence-corrected chi connectivity index (χ3v) is 3.46. The Morgan fingerprint density at radius 3 is 2.89 bits per heavy atom. The summed E-state index contributed by atoms with van der Waals surface area (Å²) < 4.78 is 0. The molecule has 1 rings (SSSR count). The average molecular weight is 266 g/mol. The van der Waals surface area contributed by atoms with Crippen molar-refractivity contribution in [1.82, 2.24) is 10.6 Å². The highest BCUT2D eigenvalue weighted by molar-refractivity contribution is 7.99. The van der Waals surface area contributed by atoms with E-state index in [0.717, 1.165) is 18.8 Å². The van der Waals surface area contributed by atoms with Crippen molar-refractivity contribution < 1.29 is 4.79 Å². The lowest BCUT2D eigenvalue weighted by Gasteiger charge is -2.06. The van der Waals surface area contributed by atoms with Crippen LogP contribution in [0.1, 0.15) is 18.1 Å². The van der Waals surface area contributed by atoms with E-state index < -0.39 is 0 Å². The molecular formula is C14H22N2OS. The number of hydrogen-bond acceptors (Lipinski definition) is 3. The lowest BCUT2D eigenvalue weighted by molar-refractivity contribution is -0.118. The number of carbonyl (C=O) groups is 1. The highest BCUT2D eigenvalue weighted by atomic mass is 32.2. The standard InChI is InChI=1S/C14H22N2OS/c1-3-15-7-8-16-14(17)11-18-10-13-6-4-5-12(2)9-13/h4-6,9,15H,3,7-8,10-11H2,1-2H3,(H,16,17). The van der Waals surface area contributed by atoms with Gasteiger partial charge in [0, 0.05) is 18.8 Å². The summed E-state index contributed by atoms with van der Waals surface area (Å²) >= 11 is 1.65. The molecule has 100 valence electrons. The molecule has 1 amide bonds. The van der Waals surface area contributed by atoms with E-state index in [1.807, 2.05) is 0 Å². The molecule has 0 fully saturated rings. The van der Waals surface area contributed by atoms with Crippen molar-refractivity contribution in [3.05, 3.63) is 35.4 Å². The van der Waals surface area contributed by atoms with Gasteiger partial charge < -0.3 is 10.6 Å². The van der Waals surface area contributed by atoms with Crippen LogP contribution in [0.2, 0.25) is 0 Å². The van der Waals surface area contributed by atoms with Gasteiger partial charge in [0.15, 0.2) is 0 Å². The van der Waals surface area contributed by atoms with Gasteiger partial charge in [0.05, 0.1) is 5.75 Å². The van der Waals surface area contributed by atoms with Crippen LogP contribution in [-0.4, -0.2) is 31.3 Å². The number of aryl methyl sites for hydroxylation is 1. The maximum Gasteiger partial charge on any atom is 0.230 e. The van der Waals surface area contributed by atoms with Crippen LogP contribution < -0.4 is 10.6 Å². The molecule has 1 aromatic carbocycles. The normalized spacial score (nSPS) is 10.3. The minimum atomic E-state index is 0.116. The molecule has 0 aliphatic rings. The van der Waals surface area contributed by atoms with E-state index in [0.29, 0.717) is 12.3 Å². The molecule has 0 unspecified atom stereocenters. The van der Waals surface area contributed by atoms with E-state index >= 15 is 0 Å². The number of thioether (sulfide) groups is 1. The van der Waals surface area contributed by atoms with Gasteiger partial charge in [-0.2, -0.15) is 0 Å². The van der Waals surface area contributed by atoms with Gasteiger partial charge in [-0.15, -0.1) is 11.8 Å². The van der Waals surface area contributed by atoms with E-state index in [-0.39, 0.29) is 5.91 Å². The molecule has 0 aliphatic heterocycles. The van der Waals surface area contributed by atoms with Crippen LogP contribution in [-0.2, 0) is 10.5 Å². The SMILES string of the molecule is CCNCCNC(=O)CSCc1cccc(C)c1. The van der Waals surface area contributed by atoms with Gasteiger partial charge in [0.25, 0.3) is 0 Å². The predicted molar refractivity (Wildman–Crippen MR) is 78.9 cm³/mol. The highest BCUT2D eigenvalue weighted by Gasteiger charge is 2.01. The second kappa shape index (κ2) is 9.00. The zero-order chi connectivity index (χ0) is 13.2. The molecular weight excluding hydrogens is 244 g/mol. The highest BCUT2D eigenvalue weighted by Crippen LogP contribution is 2.12. The van der Waals surface area contributed by atoms with Crippen LogP contribution in [0, 0.1) is 6.92 Å². The van der Waals surface area contributed by atoms with Crippen LogP contribution in [0.5, 0.6) is 0 Å². The molecule has 0 atom stereocenters. The topological polar surface area (TPSA) is 41.1 Å². The van der Waals surface area contributed by atoms with E-state index in [4.69, 9.17) is 0 Å². The molecule has 0 bridgehead atoms. The number of carbonyl (C=O) groups excluding carboxylic acids is 1. The number of nitrogens with one attached hydrogen (secondary N) is 2. The molecule has 0 saturated carbocycles. The van der Waals surface area contributed by atoms with Gasteiger partial charge in [-0.3, -0.25) is 4.79 Å². The smallest absolute Gasteiger partial charge is 0.230 e. The van der Waals surface area contributed by atoms with Crippen molar-refractivity contribution in [2.24, 2.45) is 0 Å². The van der Waals surface area contributed by atoms with Crippen molar-refractivity contribution in [2.45, 2.75) is 19.6 Å². The van der Waals surface area contributed by atoms with E-state index in [9.17, 15) is 4.79 Å². The van der Waals surface area contributed by atoms with E-state index in [2.05, 4.69) is 48.7 Å². The molecule has 0 heterocycles. The van der Waals surface area contributed by atoms with Gasteiger partial charge in [-0.05, 0) is 19.0 Å². The monoisotopic (exact) mass is 266 g/mol. The molecule has 0 aromatic heterocycles. The Labute approximate surface area is 114 Å². The number of likely N-dealkylation sites (N-methyl/N-ethyl adjacent to an activating group) is 1. The predicted octanol–water partition coefficient (Wildman–Crippen LogP) is 1.95. The summed E-state index contributed by atoms with van der Waals surface area (Å²) in [6, 6.07) is 8.41. The summed E-state index contributed by atoms with van der Waals surface area (Å²) in [6.45, 7) is 6.63. The summed E-state index contributed by atoms with van der Waals surface area (Å²) in [6.07, 6.45) is 0. The first-order valence-electron chi connectivity index (χ1n) is 6.33. The molecule has 3 nitrogen and oxygen atoms in total. The fourth-order valence-corrected chi connectivity index (χ4v) is 2.39. The lowest BCUT2D eigenvalue weighted by atomic mass is 10.2. The summed E-state index contributed by atoms with van der Waals surface area (Å²) in [5, 5.41) is 6.06. The minimum absolute atomic E-state index is 0.116. The summed E-state index contributed by atoms with van der Waals surface area (Å²) in [5.41, 5.74) is 2.55. The summed E-state index contributed by atoms with van der Waals surface area (Å²) in [4.78, 5) is 11.5. The molecule has 0 aliphatic carbocycles. The van der Waals surface area contributed by atoms with Crippen molar-refractivity contribution in [3.8, 4) is 0 Å². The summed E-state index contributed by atoms with van der Waals surface area (Å²) in [7, 11) is 0. The van der Waals surface area contributed by atoms with Crippen LogP contribution in [0.4, 0.5) is 0 Å². The summed E-state index contributed by atoms with van der Waals surface area (Å²) in [5.74, 6) is 1.54. The first-order chi connectivity index (χ1) is 8.72. The number of benzene rings is 1. The third-order valence-electron chi connectivity index (χ3n) is 2.46. The number of rotatable bonds is 8. The van der Waals surface area contributed by atoms with Gasteiger partial charge in [0.1, 0.15) is 0 Å². The fraction of sp³-hybridized carbons (Fsp3) is 0.500. The van der Waals surface area contributed by atoms with Crippen molar-refractivity contribution >= 4 is 17.7 Å². The van der Waals surface area contributed by atoms with Crippen molar-refractivity contribution in [2.75, 3.05) is 25.4 Å². The first-order valence-corrected chi connectivity index (χ1v) is 7.48. The van der Waals surface area contributed by atoms with E-state index in [1.54, 1.807) is 11.8 Å². The second-order valence-electron chi connectivity index (χ2n) is 4.19. The Kier molecular flexibility index (Phi) is 7.53. The maximum absolute atomic E-state index is 11.5. The Morgan fingerprint density at radius 1 is 1.33 bits per heavy atom. The van der Waals surface area contributed by atoms with Gasteiger partial charge in [-0.25, -0.2) is 0 Å². The van der Waals surface area contributed by atoms with Crippen LogP contribution in [0.3, 0.4) is 0 Å². The van der Waals surface area contributed by atoms with Gasteiger partial charge in [-0.1, -0.05) is 36.8 Å². The van der Waals surface area contributed by atoms with E-state index in [1.165, 1.54) is 11.1 Å². The van der Waals surface area contributed by atoms with Crippen LogP contribution >= 0.6 is 11.8 Å². The molecule has 2 N–H and O–H groups in total. The molecule has 0 spiro atoms. The third kappa shape index (κ3) is 6.67. The number of hydrogen-bond donors (Lipinski definition) is 2. The zero-order valence-corrected chi connectivity index (χ0v) is 12.0. The molecule has 1 aromatic rings. The lowest BCUT2D eigenvalue weighted by Crippen LogP contribution is -2.32. The largest absolute Gasteiger partial charge is 0.354 e. The Balaban J connectivity index is 2.12. The van der Waals surface area contributed by atoms with Crippen molar-refractivity contribution in [3.63, 3.8) is 0 Å². The van der Waals surface area contributed by atoms with Crippen LogP contribution in [0.15, 0.2) is 24.3 Å². The van der Waals surface area contributed by atoms with Gasteiger partial charge in [0.2, 0.25) is 5.91 Å². The Hall–Kier alpha value is -1.00. The molecule has 0 radical (unpaired) electrons. The average Bonchev–Trinajstić information content (AvgIpc) is 2.35. The zero-order valence-electron chi connectivity index (χ0n) is 11.2. The Morgan fingerprint density at radius 2 is 2.17 bits per heavy atom. The molecule has 0 saturated heterocycles.